The summed E-state index contributed by atoms with van der Waals surface area (Å²) in [6.07, 6.45) is -0.487. The van der Waals surface area contributed by atoms with Gasteiger partial charge in [0, 0.05) is 29.1 Å². The highest BCUT2D eigenvalue weighted by atomic mass is 79.9. The number of piperidine rings is 1. The number of hydrogen-bond donors (Lipinski definition) is 1. The van der Waals surface area contributed by atoms with Crippen molar-refractivity contribution in [3.8, 4) is 0 Å². The first kappa shape index (κ1) is 21.1. The molecule has 3 nitrogen and oxygen atoms in total. The Labute approximate surface area is 181 Å². The van der Waals surface area contributed by atoms with E-state index in [2.05, 4.69) is 15.9 Å². The number of aliphatic hydroxyl groups is 1. The Hall–Kier alpha value is -2.12. The maximum atomic E-state index is 13.1. The monoisotopic (exact) mass is 479 g/mol. The smallest absolute Gasteiger partial charge is 0.388 e. The van der Waals surface area contributed by atoms with Crippen molar-refractivity contribution in [1.29, 1.82) is 0 Å². The van der Waals surface area contributed by atoms with E-state index in [9.17, 15) is 23.1 Å². The lowest BCUT2D eigenvalue weighted by Gasteiger charge is -2.40. The summed E-state index contributed by atoms with van der Waals surface area (Å²) in [5, 5.41) is 10.5. The lowest BCUT2D eigenvalue weighted by molar-refractivity contribution is -0.137. The van der Waals surface area contributed by atoms with Crippen LogP contribution >= 0.6 is 15.9 Å². The Morgan fingerprint density at radius 2 is 1.83 bits per heavy atom. The minimum Gasteiger partial charge on any atom is -0.388 e. The largest absolute Gasteiger partial charge is 0.416 e. The Bertz CT molecular complexity index is 994. The van der Waals surface area contributed by atoms with Crippen LogP contribution in [0.25, 0.3) is 6.08 Å². The fraction of sp³-hybridized carbons (Fsp3) is 0.348. The molecule has 1 aliphatic carbocycles. The van der Waals surface area contributed by atoms with Gasteiger partial charge in [-0.25, -0.2) is 0 Å². The molecule has 158 valence electrons. The third-order valence-electron chi connectivity index (χ3n) is 6.22. The molecule has 0 aromatic heterocycles. The Kier molecular flexibility index (Phi) is 5.53. The summed E-state index contributed by atoms with van der Waals surface area (Å²) in [5.74, 6) is -0.298. The van der Waals surface area contributed by atoms with Crippen LogP contribution in [0.4, 0.5) is 13.2 Å². The summed E-state index contributed by atoms with van der Waals surface area (Å²) in [7, 11) is 0. The van der Waals surface area contributed by atoms with Crippen LogP contribution < -0.4 is 0 Å². The molecular formula is C23H21BrF3NO2. The maximum absolute atomic E-state index is 13.1. The molecule has 0 radical (unpaired) electrons. The standard InChI is InChI=1S/C23H21BrF3NO2/c24-18-7-3-5-16-19(29)14-22(21(16)18)10-12-28(13-11-22)20(30)9-8-15-4-1-2-6-17(15)23(25,26)27/h1-9,19,29H,10-14H2. The predicted octanol–water partition coefficient (Wildman–Crippen LogP) is 5.48. The Morgan fingerprint density at radius 1 is 1.13 bits per heavy atom. The minimum atomic E-state index is -4.47. The molecule has 2 aromatic rings. The molecule has 1 fully saturated rings. The average Bonchev–Trinajstić information content (AvgIpc) is 2.99. The molecule has 30 heavy (non-hydrogen) atoms. The van der Waals surface area contributed by atoms with E-state index >= 15 is 0 Å². The lowest BCUT2D eigenvalue weighted by atomic mass is 9.73. The van der Waals surface area contributed by atoms with Crippen LogP contribution in [0.1, 0.15) is 47.6 Å². The number of hydrogen-bond acceptors (Lipinski definition) is 2. The average molecular weight is 480 g/mol. The number of fused-ring (bicyclic) bond motifs is 2. The summed E-state index contributed by atoms with van der Waals surface area (Å²) >= 11 is 3.61. The number of benzene rings is 2. The van der Waals surface area contributed by atoms with Gasteiger partial charge in [0.15, 0.2) is 0 Å². The number of aliphatic hydroxyl groups excluding tert-OH is 1. The highest BCUT2D eigenvalue weighted by molar-refractivity contribution is 9.10. The second-order valence-electron chi connectivity index (χ2n) is 7.95. The molecule has 0 bridgehead atoms. The summed E-state index contributed by atoms with van der Waals surface area (Å²) in [4.78, 5) is 14.3. The summed E-state index contributed by atoms with van der Waals surface area (Å²) in [6, 6.07) is 11.0. The molecule has 0 saturated carbocycles. The van der Waals surface area contributed by atoms with Gasteiger partial charge in [-0.05, 0) is 54.2 Å². The number of likely N-dealkylation sites (tertiary alicyclic amines) is 1. The fourth-order valence-corrected chi connectivity index (χ4v) is 5.54. The second kappa shape index (κ2) is 7.85. The van der Waals surface area contributed by atoms with E-state index in [0.717, 1.165) is 21.7 Å². The maximum Gasteiger partial charge on any atom is 0.416 e. The normalized spacial score (nSPS) is 20.7. The topological polar surface area (TPSA) is 40.5 Å². The predicted molar refractivity (Wildman–Crippen MR) is 112 cm³/mol. The quantitative estimate of drug-likeness (QED) is 0.579. The molecule has 1 atom stereocenters. The van der Waals surface area contributed by atoms with E-state index in [0.29, 0.717) is 32.4 Å². The fourth-order valence-electron chi connectivity index (χ4n) is 4.74. The molecule has 1 aliphatic heterocycles. The Morgan fingerprint density at radius 3 is 2.53 bits per heavy atom. The number of rotatable bonds is 2. The molecule has 1 N–H and O–H groups in total. The Balaban J connectivity index is 1.48. The van der Waals surface area contributed by atoms with Gasteiger partial charge < -0.3 is 10.0 Å². The highest BCUT2D eigenvalue weighted by Gasteiger charge is 2.46. The van der Waals surface area contributed by atoms with E-state index < -0.39 is 17.8 Å². The molecule has 1 heterocycles. The number of nitrogens with zero attached hydrogens (tertiary/aromatic N) is 1. The van der Waals surface area contributed by atoms with Crippen molar-refractivity contribution in [2.24, 2.45) is 0 Å². The zero-order valence-electron chi connectivity index (χ0n) is 16.1. The zero-order chi connectivity index (χ0) is 21.5. The summed E-state index contributed by atoms with van der Waals surface area (Å²) in [5.41, 5.74) is 1.10. The second-order valence-corrected chi connectivity index (χ2v) is 8.80. The van der Waals surface area contributed by atoms with Crippen LogP contribution in [0.15, 0.2) is 53.0 Å². The molecule has 4 rings (SSSR count). The van der Waals surface area contributed by atoms with E-state index in [1.807, 2.05) is 18.2 Å². The van der Waals surface area contributed by atoms with Crippen LogP contribution in [0, 0.1) is 0 Å². The first-order valence-corrected chi connectivity index (χ1v) is 10.6. The number of amides is 1. The molecule has 7 heteroatoms. The van der Waals surface area contributed by atoms with Crippen LogP contribution in [0.2, 0.25) is 0 Å². The van der Waals surface area contributed by atoms with Crippen LogP contribution in [0.3, 0.4) is 0 Å². The number of alkyl halides is 3. The van der Waals surface area contributed by atoms with Gasteiger partial charge in [-0.15, -0.1) is 0 Å². The van der Waals surface area contributed by atoms with Crippen molar-refractivity contribution in [2.75, 3.05) is 13.1 Å². The van der Waals surface area contributed by atoms with Gasteiger partial charge in [-0.3, -0.25) is 4.79 Å². The van der Waals surface area contributed by atoms with Gasteiger partial charge in [0.25, 0.3) is 0 Å². The molecule has 1 unspecified atom stereocenters. The lowest BCUT2D eigenvalue weighted by Crippen LogP contribution is -2.44. The van der Waals surface area contributed by atoms with Crippen molar-refractivity contribution in [3.05, 3.63) is 75.3 Å². The van der Waals surface area contributed by atoms with Crippen molar-refractivity contribution >= 4 is 27.9 Å². The van der Waals surface area contributed by atoms with Crippen molar-refractivity contribution in [1.82, 2.24) is 4.90 Å². The van der Waals surface area contributed by atoms with Gasteiger partial charge in [0.05, 0.1) is 11.7 Å². The van der Waals surface area contributed by atoms with Crippen LogP contribution in [-0.4, -0.2) is 29.0 Å². The summed E-state index contributed by atoms with van der Waals surface area (Å²) in [6.45, 7) is 0.995. The third-order valence-corrected chi connectivity index (χ3v) is 6.88. The number of carbonyl (C=O) groups excluding carboxylic acids is 1. The zero-order valence-corrected chi connectivity index (χ0v) is 17.7. The van der Waals surface area contributed by atoms with E-state index in [1.54, 1.807) is 4.90 Å². The van der Waals surface area contributed by atoms with E-state index in [1.165, 1.54) is 30.4 Å². The summed E-state index contributed by atoms with van der Waals surface area (Å²) < 4.78 is 40.4. The van der Waals surface area contributed by atoms with Crippen LogP contribution in [-0.2, 0) is 16.4 Å². The molecule has 1 amide bonds. The van der Waals surface area contributed by atoms with E-state index in [4.69, 9.17) is 0 Å². The number of carbonyl (C=O) groups is 1. The van der Waals surface area contributed by atoms with Gasteiger partial charge >= 0.3 is 6.18 Å². The van der Waals surface area contributed by atoms with Gasteiger partial charge in [0.1, 0.15) is 0 Å². The first-order chi connectivity index (χ1) is 14.2. The minimum absolute atomic E-state index is 0.0244. The van der Waals surface area contributed by atoms with E-state index in [-0.39, 0.29) is 16.9 Å². The molecule has 1 saturated heterocycles. The SMILES string of the molecule is O=C(C=Cc1ccccc1C(F)(F)F)N1CCC2(CC1)CC(O)c1cccc(Br)c12. The van der Waals surface area contributed by atoms with Crippen molar-refractivity contribution in [2.45, 2.75) is 37.0 Å². The van der Waals surface area contributed by atoms with Crippen molar-refractivity contribution in [3.63, 3.8) is 0 Å². The molecular weight excluding hydrogens is 459 g/mol. The van der Waals surface area contributed by atoms with Gasteiger partial charge in [-0.2, -0.15) is 13.2 Å². The van der Waals surface area contributed by atoms with Crippen molar-refractivity contribution < 1.29 is 23.1 Å². The molecule has 2 aliphatic rings. The molecule has 1 spiro atoms. The van der Waals surface area contributed by atoms with Crippen LogP contribution in [0.5, 0.6) is 0 Å². The first-order valence-electron chi connectivity index (χ1n) is 9.81. The van der Waals surface area contributed by atoms with Gasteiger partial charge in [0.2, 0.25) is 5.91 Å². The highest BCUT2D eigenvalue weighted by Crippen LogP contribution is 2.53. The molecule has 2 aromatic carbocycles. The number of halogens is 4. The third kappa shape index (κ3) is 3.81. The van der Waals surface area contributed by atoms with Gasteiger partial charge in [-0.1, -0.05) is 46.3 Å².